The molecule has 0 unspecified atom stereocenters. The van der Waals surface area contributed by atoms with Crippen LogP contribution in [-0.4, -0.2) is 14.8 Å². The number of aromatic nitrogens is 3. The van der Waals surface area contributed by atoms with Crippen molar-refractivity contribution in [1.82, 2.24) is 14.8 Å². The average Bonchev–Trinajstić information content (AvgIpc) is 3.10. The highest BCUT2D eigenvalue weighted by Crippen LogP contribution is 2.39. The van der Waals surface area contributed by atoms with Crippen molar-refractivity contribution < 1.29 is 8.78 Å². The van der Waals surface area contributed by atoms with Gasteiger partial charge in [-0.3, -0.25) is 9.67 Å². The second-order valence-electron chi connectivity index (χ2n) is 4.51. The average molecular weight is 267 g/mol. The lowest BCUT2D eigenvalue weighted by Crippen LogP contribution is -2.02. The largest absolute Gasteiger partial charge is 0.297 e. The van der Waals surface area contributed by atoms with Crippen LogP contribution in [0.25, 0.3) is 11.4 Å². The van der Waals surface area contributed by atoms with Gasteiger partial charge in [0.25, 0.3) is 0 Å². The SMILES string of the molecule is Cc1ccc(F)c(-c2n[nH]c(=S)n2C2CC2)c1F. The molecule has 1 aromatic carbocycles. The molecule has 1 fully saturated rings. The summed E-state index contributed by atoms with van der Waals surface area (Å²) in [4.78, 5) is 0. The van der Waals surface area contributed by atoms with Gasteiger partial charge in [-0.2, -0.15) is 5.10 Å². The first-order chi connectivity index (χ1) is 8.59. The Morgan fingerprint density at radius 1 is 1.39 bits per heavy atom. The van der Waals surface area contributed by atoms with E-state index in [2.05, 4.69) is 10.2 Å². The molecule has 0 atom stereocenters. The molecule has 0 spiro atoms. The van der Waals surface area contributed by atoms with Crippen molar-refractivity contribution in [2.45, 2.75) is 25.8 Å². The van der Waals surface area contributed by atoms with E-state index in [1.807, 2.05) is 0 Å². The Morgan fingerprint density at radius 3 is 2.78 bits per heavy atom. The van der Waals surface area contributed by atoms with E-state index < -0.39 is 11.6 Å². The number of halogens is 2. The molecule has 1 heterocycles. The summed E-state index contributed by atoms with van der Waals surface area (Å²) in [6.07, 6.45) is 1.94. The number of hydrogen-bond donors (Lipinski definition) is 1. The minimum absolute atomic E-state index is 0.103. The fraction of sp³-hybridized carbons (Fsp3) is 0.333. The van der Waals surface area contributed by atoms with Gasteiger partial charge in [-0.25, -0.2) is 8.78 Å². The Bertz CT molecular complexity index is 670. The van der Waals surface area contributed by atoms with Gasteiger partial charge in [-0.05, 0) is 43.6 Å². The lowest BCUT2D eigenvalue weighted by Gasteiger charge is -2.08. The van der Waals surface area contributed by atoms with E-state index in [1.54, 1.807) is 11.5 Å². The monoisotopic (exact) mass is 267 g/mol. The molecule has 0 saturated heterocycles. The topological polar surface area (TPSA) is 33.6 Å². The number of nitrogens with zero attached hydrogens (tertiary/aromatic N) is 2. The summed E-state index contributed by atoms with van der Waals surface area (Å²) in [5.74, 6) is -0.943. The van der Waals surface area contributed by atoms with Crippen LogP contribution < -0.4 is 0 Å². The van der Waals surface area contributed by atoms with Gasteiger partial charge in [0.05, 0.1) is 5.56 Å². The molecule has 18 heavy (non-hydrogen) atoms. The second kappa shape index (κ2) is 3.98. The summed E-state index contributed by atoms with van der Waals surface area (Å²) >= 11 is 5.11. The van der Waals surface area contributed by atoms with Gasteiger partial charge in [-0.15, -0.1) is 0 Å². The van der Waals surface area contributed by atoms with Crippen LogP contribution in [0.5, 0.6) is 0 Å². The van der Waals surface area contributed by atoms with E-state index in [4.69, 9.17) is 12.2 Å². The molecule has 0 radical (unpaired) electrons. The molecular weight excluding hydrogens is 256 g/mol. The minimum Gasteiger partial charge on any atom is -0.297 e. The van der Waals surface area contributed by atoms with Crippen LogP contribution in [-0.2, 0) is 0 Å². The molecule has 3 nitrogen and oxygen atoms in total. The Balaban J connectivity index is 2.27. The van der Waals surface area contributed by atoms with Crippen molar-refractivity contribution in [2.75, 3.05) is 0 Å². The first-order valence-electron chi connectivity index (χ1n) is 5.71. The maximum absolute atomic E-state index is 14.1. The lowest BCUT2D eigenvalue weighted by molar-refractivity contribution is 0.577. The maximum atomic E-state index is 14.1. The van der Waals surface area contributed by atoms with Crippen LogP contribution in [0.3, 0.4) is 0 Å². The first-order valence-corrected chi connectivity index (χ1v) is 6.12. The number of rotatable bonds is 2. The molecule has 1 aliphatic carbocycles. The van der Waals surface area contributed by atoms with Crippen LogP contribution in [0.4, 0.5) is 8.78 Å². The number of aryl methyl sites for hydroxylation is 1. The summed E-state index contributed by atoms with van der Waals surface area (Å²) in [6.45, 7) is 1.60. The number of benzene rings is 1. The summed E-state index contributed by atoms with van der Waals surface area (Å²) in [6, 6.07) is 2.88. The number of H-pyrrole nitrogens is 1. The summed E-state index contributed by atoms with van der Waals surface area (Å²) < 4.78 is 30.0. The molecule has 3 rings (SSSR count). The third-order valence-electron chi connectivity index (χ3n) is 3.12. The third kappa shape index (κ3) is 1.68. The standard InChI is InChI=1S/C12H11F2N3S/c1-6-2-5-8(13)9(10(6)14)11-15-16-12(18)17(11)7-3-4-7/h2,5,7H,3-4H2,1H3,(H,16,18). The Kier molecular flexibility index (Phi) is 2.55. The van der Waals surface area contributed by atoms with Gasteiger partial charge in [0, 0.05) is 6.04 Å². The molecule has 0 bridgehead atoms. The number of nitrogens with one attached hydrogen (secondary N) is 1. The predicted octanol–water partition coefficient (Wildman–Crippen LogP) is 3.53. The fourth-order valence-electron chi connectivity index (χ4n) is 2.01. The van der Waals surface area contributed by atoms with Gasteiger partial charge >= 0.3 is 0 Å². The number of aromatic amines is 1. The lowest BCUT2D eigenvalue weighted by atomic mass is 10.1. The molecule has 1 aromatic heterocycles. The van der Waals surface area contributed by atoms with Crippen molar-refractivity contribution in [1.29, 1.82) is 0 Å². The van der Waals surface area contributed by atoms with E-state index >= 15 is 0 Å². The zero-order valence-corrected chi connectivity index (χ0v) is 10.5. The third-order valence-corrected chi connectivity index (χ3v) is 3.41. The van der Waals surface area contributed by atoms with Crippen LogP contribution in [0.15, 0.2) is 12.1 Å². The van der Waals surface area contributed by atoms with Crippen molar-refractivity contribution in [3.05, 3.63) is 34.1 Å². The van der Waals surface area contributed by atoms with Gasteiger partial charge in [0.1, 0.15) is 11.6 Å². The van der Waals surface area contributed by atoms with Crippen molar-refractivity contribution >= 4 is 12.2 Å². The van der Waals surface area contributed by atoms with Crippen LogP contribution in [0.2, 0.25) is 0 Å². The maximum Gasteiger partial charge on any atom is 0.195 e. The molecule has 1 aliphatic rings. The van der Waals surface area contributed by atoms with E-state index in [9.17, 15) is 8.78 Å². The molecule has 94 valence electrons. The quantitative estimate of drug-likeness (QED) is 0.844. The Hall–Kier alpha value is -1.56. The Morgan fingerprint density at radius 2 is 2.11 bits per heavy atom. The van der Waals surface area contributed by atoms with E-state index in [0.717, 1.165) is 12.8 Å². The molecule has 1 saturated carbocycles. The summed E-state index contributed by atoms with van der Waals surface area (Å²) in [7, 11) is 0. The molecule has 2 aromatic rings. The zero-order chi connectivity index (χ0) is 12.9. The van der Waals surface area contributed by atoms with Gasteiger partial charge in [0.2, 0.25) is 0 Å². The molecule has 0 amide bonds. The van der Waals surface area contributed by atoms with Crippen molar-refractivity contribution in [3.8, 4) is 11.4 Å². The van der Waals surface area contributed by atoms with Crippen molar-refractivity contribution in [2.24, 2.45) is 0 Å². The van der Waals surface area contributed by atoms with Gasteiger partial charge in [0.15, 0.2) is 10.6 Å². The fourth-order valence-corrected chi connectivity index (χ4v) is 2.30. The van der Waals surface area contributed by atoms with Gasteiger partial charge in [-0.1, -0.05) is 6.07 Å². The predicted molar refractivity (Wildman–Crippen MR) is 65.8 cm³/mol. The molecule has 1 N–H and O–H groups in total. The van der Waals surface area contributed by atoms with Crippen molar-refractivity contribution in [3.63, 3.8) is 0 Å². The Labute approximate surface area is 107 Å². The van der Waals surface area contributed by atoms with Crippen LogP contribution in [0.1, 0.15) is 24.4 Å². The highest BCUT2D eigenvalue weighted by molar-refractivity contribution is 7.71. The van der Waals surface area contributed by atoms with E-state index in [1.165, 1.54) is 12.1 Å². The van der Waals surface area contributed by atoms with E-state index in [-0.39, 0.29) is 17.4 Å². The smallest absolute Gasteiger partial charge is 0.195 e. The highest BCUT2D eigenvalue weighted by Gasteiger charge is 2.30. The first kappa shape index (κ1) is 11.5. The molecular formula is C12H11F2N3S. The molecule has 0 aliphatic heterocycles. The van der Waals surface area contributed by atoms with Crippen LogP contribution >= 0.6 is 12.2 Å². The molecule has 6 heteroatoms. The van der Waals surface area contributed by atoms with Gasteiger partial charge < -0.3 is 0 Å². The number of hydrogen-bond acceptors (Lipinski definition) is 2. The summed E-state index contributed by atoms with van der Waals surface area (Å²) in [5.41, 5.74) is 0.289. The zero-order valence-electron chi connectivity index (χ0n) is 9.70. The highest BCUT2D eigenvalue weighted by atomic mass is 32.1. The second-order valence-corrected chi connectivity index (χ2v) is 4.89. The van der Waals surface area contributed by atoms with Crippen LogP contribution in [0, 0.1) is 23.3 Å². The van der Waals surface area contributed by atoms with E-state index in [0.29, 0.717) is 10.3 Å². The minimum atomic E-state index is -0.617. The summed E-state index contributed by atoms with van der Waals surface area (Å²) in [5, 5.41) is 6.59. The normalized spacial score (nSPS) is 15.1.